The van der Waals surface area contributed by atoms with Crippen molar-refractivity contribution in [1.82, 2.24) is 10.2 Å². The molecule has 1 unspecified atom stereocenters. The van der Waals surface area contributed by atoms with Gasteiger partial charge in [-0.25, -0.2) is 4.39 Å². The van der Waals surface area contributed by atoms with Crippen molar-refractivity contribution >= 4 is 11.6 Å². The second kappa shape index (κ2) is 9.52. The molecule has 7 heteroatoms. The van der Waals surface area contributed by atoms with Gasteiger partial charge in [-0.1, -0.05) is 12.1 Å². The topological polar surface area (TPSA) is 76.8 Å². The molecule has 6 nitrogen and oxygen atoms in total. The summed E-state index contributed by atoms with van der Waals surface area (Å²) in [6.45, 7) is 5.51. The largest absolute Gasteiger partial charge is 0.493 e. The molecule has 1 atom stereocenters. The maximum Gasteiger partial charge on any atom is 0.255 e. The normalized spacial score (nSPS) is 17.3. The first kappa shape index (κ1) is 20.1. The van der Waals surface area contributed by atoms with Crippen molar-refractivity contribution in [2.75, 3.05) is 38.6 Å². The maximum atomic E-state index is 13.1. The number of halogens is 1. The van der Waals surface area contributed by atoms with Crippen LogP contribution in [-0.2, 0) is 11.3 Å². The van der Waals surface area contributed by atoms with Crippen molar-refractivity contribution in [1.29, 1.82) is 0 Å². The van der Waals surface area contributed by atoms with Crippen LogP contribution in [-0.4, -0.2) is 49.8 Å². The molecule has 1 aliphatic heterocycles. The lowest BCUT2D eigenvalue weighted by molar-refractivity contribution is -0.0292. The molecular weight excluding hydrogens is 361 g/mol. The van der Waals surface area contributed by atoms with E-state index in [1.807, 2.05) is 6.92 Å². The van der Waals surface area contributed by atoms with Crippen LogP contribution in [0.4, 0.5) is 10.1 Å². The van der Waals surface area contributed by atoms with Gasteiger partial charge in [0, 0.05) is 37.9 Å². The molecule has 28 heavy (non-hydrogen) atoms. The van der Waals surface area contributed by atoms with E-state index in [0.717, 1.165) is 18.7 Å². The van der Waals surface area contributed by atoms with Crippen molar-refractivity contribution in [2.45, 2.75) is 19.6 Å². The Balaban J connectivity index is 1.54. The fourth-order valence-electron chi connectivity index (χ4n) is 3.20. The van der Waals surface area contributed by atoms with Gasteiger partial charge in [0.25, 0.3) is 5.91 Å². The average Bonchev–Trinajstić information content (AvgIpc) is 2.69. The average molecular weight is 387 g/mol. The van der Waals surface area contributed by atoms with Gasteiger partial charge in [0.1, 0.15) is 11.6 Å². The number of nitrogens with two attached hydrogens (primary N) is 1. The second-order valence-electron chi connectivity index (χ2n) is 6.75. The van der Waals surface area contributed by atoms with Crippen LogP contribution in [0.2, 0.25) is 0 Å². The third-order valence-electron chi connectivity index (χ3n) is 4.58. The minimum atomic E-state index is -0.236. The van der Waals surface area contributed by atoms with E-state index >= 15 is 0 Å². The number of carbonyl (C=O) groups excluding carboxylic acids is 1. The number of anilines is 1. The minimum absolute atomic E-state index is 0.109. The number of hydrogen-bond donors (Lipinski definition) is 2. The lowest BCUT2D eigenvalue weighted by Gasteiger charge is -2.33. The molecule has 0 saturated carbocycles. The first-order valence-electron chi connectivity index (χ1n) is 9.44. The number of amides is 1. The van der Waals surface area contributed by atoms with Gasteiger partial charge < -0.3 is 20.5 Å². The zero-order chi connectivity index (χ0) is 19.9. The smallest absolute Gasteiger partial charge is 0.255 e. The number of hydrogen-bond acceptors (Lipinski definition) is 5. The zero-order valence-electron chi connectivity index (χ0n) is 16.0. The molecule has 0 aromatic heterocycles. The summed E-state index contributed by atoms with van der Waals surface area (Å²) in [7, 11) is 0. The fourth-order valence-corrected chi connectivity index (χ4v) is 3.20. The van der Waals surface area contributed by atoms with Crippen molar-refractivity contribution in [3.63, 3.8) is 0 Å². The minimum Gasteiger partial charge on any atom is -0.493 e. The Morgan fingerprint density at radius 2 is 2.11 bits per heavy atom. The quantitative estimate of drug-likeness (QED) is 0.714. The van der Waals surface area contributed by atoms with Gasteiger partial charge in [-0.3, -0.25) is 9.69 Å². The number of rotatable bonds is 7. The van der Waals surface area contributed by atoms with Crippen molar-refractivity contribution in [3.05, 3.63) is 59.4 Å². The van der Waals surface area contributed by atoms with Gasteiger partial charge >= 0.3 is 0 Å². The summed E-state index contributed by atoms with van der Waals surface area (Å²) in [6, 6.07) is 11.5. The van der Waals surface area contributed by atoms with Crippen LogP contribution < -0.4 is 15.8 Å². The van der Waals surface area contributed by atoms with E-state index in [0.29, 0.717) is 43.3 Å². The summed E-state index contributed by atoms with van der Waals surface area (Å²) in [5, 5.41) is 2.92. The van der Waals surface area contributed by atoms with Crippen molar-refractivity contribution in [2.24, 2.45) is 0 Å². The Kier molecular flexibility index (Phi) is 6.84. The molecule has 3 N–H and O–H groups in total. The highest BCUT2D eigenvalue weighted by Gasteiger charge is 2.22. The molecule has 1 aliphatic rings. The monoisotopic (exact) mass is 387 g/mol. The summed E-state index contributed by atoms with van der Waals surface area (Å²) in [5.41, 5.74) is 7.83. The third kappa shape index (κ3) is 5.43. The first-order chi connectivity index (χ1) is 13.5. The fraction of sp³-hybridized carbons (Fsp3) is 0.381. The SMILES string of the molecule is CCOc1cc(N)ccc1C(=O)NCC1CN(Cc2ccc(F)cc2)CCO1. The summed E-state index contributed by atoms with van der Waals surface area (Å²) in [4.78, 5) is 14.8. The number of benzene rings is 2. The molecule has 1 heterocycles. The standard InChI is InChI=1S/C21H26FN3O3/c1-2-27-20-11-17(23)7-8-19(20)21(26)24-12-18-14-25(9-10-28-18)13-15-3-5-16(22)6-4-15/h3-8,11,18H,2,9-10,12-14,23H2,1H3,(H,24,26). The zero-order valence-corrected chi connectivity index (χ0v) is 16.0. The Bertz CT molecular complexity index is 798. The number of carbonyl (C=O) groups is 1. The Morgan fingerprint density at radius 3 is 2.86 bits per heavy atom. The molecule has 0 radical (unpaired) electrons. The van der Waals surface area contributed by atoms with Crippen LogP contribution in [0.1, 0.15) is 22.8 Å². The lowest BCUT2D eigenvalue weighted by Crippen LogP contribution is -2.47. The molecule has 0 spiro atoms. The van der Waals surface area contributed by atoms with E-state index in [-0.39, 0.29) is 17.8 Å². The second-order valence-corrected chi connectivity index (χ2v) is 6.75. The highest BCUT2D eigenvalue weighted by Crippen LogP contribution is 2.22. The van der Waals surface area contributed by atoms with Gasteiger partial charge in [0.2, 0.25) is 0 Å². The summed E-state index contributed by atoms with van der Waals surface area (Å²) < 4.78 is 24.3. The molecule has 0 bridgehead atoms. The summed E-state index contributed by atoms with van der Waals surface area (Å²) in [6.07, 6.45) is -0.109. The number of ether oxygens (including phenoxy) is 2. The molecular formula is C21H26FN3O3. The van der Waals surface area contributed by atoms with Crippen molar-refractivity contribution < 1.29 is 18.7 Å². The Labute approximate surface area is 164 Å². The molecule has 3 rings (SSSR count). The first-order valence-corrected chi connectivity index (χ1v) is 9.44. The van der Waals surface area contributed by atoms with Crippen LogP contribution >= 0.6 is 0 Å². The van der Waals surface area contributed by atoms with Crippen LogP contribution in [0.5, 0.6) is 5.75 Å². The van der Waals surface area contributed by atoms with Gasteiger partial charge in [-0.2, -0.15) is 0 Å². The molecule has 2 aromatic carbocycles. The Hall–Kier alpha value is -2.64. The number of nitrogens with zero attached hydrogens (tertiary/aromatic N) is 1. The molecule has 150 valence electrons. The molecule has 1 fully saturated rings. The number of nitrogens with one attached hydrogen (secondary N) is 1. The molecule has 0 aliphatic carbocycles. The van der Waals surface area contributed by atoms with Crippen LogP contribution in [0.3, 0.4) is 0 Å². The van der Waals surface area contributed by atoms with Gasteiger partial charge in [0.05, 0.1) is 24.9 Å². The Morgan fingerprint density at radius 1 is 1.32 bits per heavy atom. The van der Waals surface area contributed by atoms with E-state index in [1.54, 1.807) is 30.3 Å². The van der Waals surface area contributed by atoms with E-state index in [2.05, 4.69) is 10.2 Å². The van der Waals surface area contributed by atoms with E-state index < -0.39 is 0 Å². The van der Waals surface area contributed by atoms with Crippen LogP contribution in [0.15, 0.2) is 42.5 Å². The number of morpholine rings is 1. The highest BCUT2D eigenvalue weighted by atomic mass is 19.1. The van der Waals surface area contributed by atoms with Crippen LogP contribution in [0.25, 0.3) is 0 Å². The van der Waals surface area contributed by atoms with E-state index in [4.69, 9.17) is 15.2 Å². The highest BCUT2D eigenvalue weighted by molar-refractivity contribution is 5.97. The van der Waals surface area contributed by atoms with Crippen LogP contribution in [0, 0.1) is 5.82 Å². The molecule has 1 saturated heterocycles. The third-order valence-corrected chi connectivity index (χ3v) is 4.58. The van der Waals surface area contributed by atoms with Gasteiger partial charge in [0.15, 0.2) is 0 Å². The molecule has 1 amide bonds. The van der Waals surface area contributed by atoms with Gasteiger partial charge in [-0.05, 0) is 36.8 Å². The predicted octanol–water partition coefficient (Wildman–Crippen LogP) is 2.44. The summed E-state index contributed by atoms with van der Waals surface area (Å²) >= 11 is 0. The lowest BCUT2D eigenvalue weighted by atomic mass is 10.1. The predicted molar refractivity (Wildman–Crippen MR) is 106 cm³/mol. The number of nitrogen functional groups attached to an aromatic ring is 1. The maximum absolute atomic E-state index is 13.1. The van der Waals surface area contributed by atoms with E-state index in [1.165, 1.54) is 12.1 Å². The van der Waals surface area contributed by atoms with Gasteiger partial charge in [-0.15, -0.1) is 0 Å². The molecule has 2 aromatic rings. The summed E-state index contributed by atoms with van der Waals surface area (Å²) in [5.74, 6) is 0.0191. The van der Waals surface area contributed by atoms with E-state index in [9.17, 15) is 9.18 Å². The van der Waals surface area contributed by atoms with Crippen molar-refractivity contribution in [3.8, 4) is 5.75 Å².